The molecule has 5 nitrogen and oxygen atoms in total. The highest BCUT2D eigenvalue weighted by Gasteiger charge is 2.34. The lowest BCUT2D eigenvalue weighted by Gasteiger charge is -2.05. The minimum Gasteiger partial charge on any atom is -0.456 e. The standard InChI is InChI=1S/C19H32O5/c1-15-18(22)17(19(23)24-15)13-9-7-5-3-2-4-6-8-11-16(21)12-10-14-20/h10,12-13,15-16,18,20-22H,2-9,11,14H2,1H3/b12-10+,17-13+/t15-,16?,18-/m1/s1. The van der Waals surface area contributed by atoms with Crippen LogP contribution in [-0.4, -0.2) is 46.2 Å². The van der Waals surface area contributed by atoms with Crippen molar-refractivity contribution in [3.05, 3.63) is 23.8 Å². The number of rotatable bonds is 12. The first-order valence-corrected chi connectivity index (χ1v) is 9.11. The molecule has 24 heavy (non-hydrogen) atoms. The average Bonchev–Trinajstić information content (AvgIpc) is 2.80. The SMILES string of the molecule is C[C@H]1OC(=O)/C(=C/CCCCCCCCCC(O)/C=C/CO)[C@@H]1O. The van der Waals surface area contributed by atoms with Crippen molar-refractivity contribution >= 4 is 5.97 Å². The zero-order valence-corrected chi connectivity index (χ0v) is 14.7. The van der Waals surface area contributed by atoms with E-state index in [0.717, 1.165) is 38.5 Å². The Morgan fingerprint density at radius 2 is 1.75 bits per heavy atom. The molecule has 3 atom stereocenters. The Bertz CT molecular complexity index is 416. The molecule has 1 fully saturated rings. The van der Waals surface area contributed by atoms with Gasteiger partial charge in [0.25, 0.3) is 0 Å². The summed E-state index contributed by atoms with van der Waals surface area (Å²) in [6.45, 7) is 1.68. The van der Waals surface area contributed by atoms with E-state index in [-0.39, 0.29) is 12.6 Å². The molecule has 1 aliphatic heterocycles. The summed E-state index contributed by atoms with van der Waals surface area (Å²) in [5, 5.41) is 28.0. The molecule has 138 valence electrons. The monoisotopic (exact) mass is 340 g/mol. The minimum absolute atomic E-state index is 0.0209. The van der Waals surface area contributed by atoms with Crippen molar-refractivity contribution < 1.29 is 24.9 Å². The third kappa shape index (κ3) is 8.08. The molecule has 0 bridgehead atoms. The van der Waals surface area contributed by atoms with Crippen LogP contribution in [0, 0.1) is 0 Å². The van der Waals surface area contributed by atoms with E-state index in [1.54, 1.807) is 19.1 Å². The molecule has 0 spiro atoms. The van der Waals surface area contributed by atoms with Gasteiger partial charge in [-0.2, -0.15) is 0 Å². The van der Waals surface area contributed by atoms with Crippen molar-refractivity contribution in [2.45, 2.75) is 83.0 Å². The van der Waals surface area contributed by atoms with Gasteiger partial charge in [0.15, 0.2) is 0 Å². The first kappa shape index (κ1) is 20.9. The molecule has 0 aromatic heterocycles. The van der Waals surface area contributed by atoms with Gasteiger partial charge in [0.2, 0.25) is 0 Å². The topological polar surface area (TPSA) is 87.0 Å². The zero-order chi connectivity index (χ0) is 17.8. The van der Waals surface area contributed by atoms with Gasteiger partial charge in [-0.25, -0.2) is 4.79 Å². The van der Waals surface area contributed by atoms with Crippen molar-refractivity contribution in [1.82, 2.24) is 0 Å². The van der Waals surface area contributed by atoms with E-state index >= 15 is 0 Å². The number of carbonyl (C=O) groups is 1. The fraction of sp³-hybridized carbons (Fsp3) is 0.737. The van der Waals surface area contributed by atoms with Crippen LogP contribution >= 0.6 is 0 Å². The van der Waals surface area contributed by atoms with Gasteiger partial charge in [-0.3, -0.25) is 0 Å². The van der Waals surface area contributed by atoms with Gasteiger partial charge in [-0.1, -0.05) is 56.8 Å². The second-order valence-electron chi connectivity index (χ2n) is 6.45. The van der Waals surface area contributed by atoms with Crippen LogP contribution < -0.4 is 0 Å². The number of hydrogen-bond donors (Lipinski definition) is 3. The molecule has 0 amide bonds. The maximum atomic E-state index is 11.5. The molecule has 1 saturated heterocycles. The summed E-state index contributed by atoms with van der Waals surface area (Å²) < 4.78 is 4.97. The molecule has 1 rings (SSSR count). The van der Waals surface area contributed by atoms with Crippen LogP contribution in [0.4, 0.5) is 0 Å². The average molecular weight is 340 g/mol. The second-order valence-corrected chi connectivity index (χ2v) is 6.45. The van der Waals surface area contributed by atoms with Crippen LogP contribution in [-0.2, 0) is 9.53 Å². The molecule has 0 radical (unpaired) electrons. The van der Waals surface area contributed by atoms with E-state index in [1.807, 2.05) is 6.08 Å². The van der Waals surface area contributed by atoms with Gasteiger partial charge in [-0.15, -0.1) is 0 Å². The summed E-state index contributed by atoms with van der Waals surface area (Å²) >= 11 is 0. The zero-order valence-electron chi connectivity index (χ0n) is 14.7. The van der Waals surface area contributed by atoms with Crippen LogP contribution in [0.3, 0.4) is 0 Å². The quantitative estimate of drug-likeness (QED) is 0.220. The predicted molar refractivity (Wildman–Crippen MR) is 93.4 cm³/mol. The van der Waals surface area contributed by atoms with Gasteiger partial charge in [0, 0.05) is 0 Å². The number of unbranched alkanes of at least 4 members (excludes halogenated alkanes) is 7. The molecule has 1 heterocycles. The van der Waals surface area contributed by atoms with E-state index in [4.69, 9.17) is 9.84 Å². The first-order valence-electron chi connectivity index (χ1n) is 9.11. The Morgan fingerprint density at radius 1 is 1.12 bits per heavy atom. The lowest BCUT2D eigenvalue weighted by Crippen LogP contribution is -2.17. The summed E-state index contributed by atoms with van der Waals surface area (Å²) in [5.74, 6) is -0.383. The van der Waals surface area contributed by atoms with E-state index in [0.29, 0.717) is 5.57 Å². The van der Waals surface area contributed by atoms with Gasteiger partial charge in [-0.05, 0) is 26.2 Å². The molecule has 1 unspecified atom stereocenters. The fourth-order valence-corrected chi connectivity index (χ4v) is 2.83. The lowest BCUT2D eigenvalue weighted by atomic mass is 10.0. The Kier molecular flexibility index (Phi) is 10.6. The Morgan fingerprint density at radius 3 is 2.33 bits per heavy atom. The minimum atomic E-state index is -0.778. The number of ether oxygens (including phenoxy) is 1. The molecule has 0 aliphatic carbocycles. The Balaban J connectivity index is 1.96. The molecule has 0 aromatic carbocycles. The summed E-state index contributed by atoms with van der Waals surface area (Å²) in [6, 6.07) is 0. The molecular weight excluding hydrogens is 308 g/mol. The number of esters is 1. The van der Waals surface area contributed by atoms with Crippen molar-refractivity contribution in [3.8, 4) is 0 Å². The van der Waals surface area contributed by atoms with Crippen molar-refractivity contribution in [1.29, 1.82) is 0 Å². The maximum absolute atomic E-state index is 11.5. The molecule has 3 N–H and O–H groups in total. The number of allylic oxidation sites excluding steroid dienone is 1. The van der Waals surface area contributed by atoms with E-state index in [1.165, 1.54) is 19.3 Å². The third-order valence-corrected chi connectivity index (χ3v) is 4.32. The largest absolute Gasteiger partial charge is 0.456 e. The highest BCUT2D eigenvalue weighted by molar-refractivity contribution is 5.92. The highest BCUT2D eigenvalue weighted by atomic mass is 16.6. The van der Waals surface area contributed by atoms with Crippen LogP contribution in [0.5, 0.6) is 0 Å². The second kappa shape index (κ2) is 12.2. The van der Waals surface area contributed by atoms with Crippen LogP contribution in [0.1, 0.15) is 64.7 Å². The van der Waals surface area contributed by atoms with E-state index in [9.17, 15) is 15.0 Å². The van der Waals surface area contributed by atoms with Gasteiger partial charge in [0.1, 0.15) is 12.2 Å². The molecule has 5 heteroatoms. The van der Waals surface area contributed by atoms with Crippen molar-refractivity contribution in [2.24, 2.45) is 0 Å². The Hall–Kier alpha value is -1.17. The molecule has 0 aromatic rings. The predicted octanol–water partition coefficient (Wildman–Crippen LogP) is 2.64. The van der Waals surface area contributed by atoms with Gasteiger partial charge < -0.3 is 20.1 Å². The number of aliphatic hydroxyl groups is 3. The number of carbonyl (C=O) groups excluding carboxylic acids is 1. The lowest BCUT2D eigenvalue weighted by molar-refractivity contribution is -0.138. The van der Waals surface area contributed by atoms with Crippen LogP contribution in [0.25, 0.3) is 0 Å². The normalized spacial score (nSPS) is 24.0. The summed E-state index contributed by atoms with van der Waals surface area (Å²) in [7, 11) is 0. The number of aliphatic hydroxyl groups excluding tert-OH is 3. The third-order valence-electron chi connectivity index (χ3n) is 4.32. The van der Waals surface area contributed by atoms with Crippen molar-refractivity contribution in [3.63, 3.8) is 0 Å². The van der Waals surface area contributed by atoms with E-state index in [2.05, 4.69) is 0 Å². The summed E-state index contributed by atoms with van der Waals surface area (Å²) in [4.78, 5) is 11.5. The first-order chi connectivity index (χ1) is 11.6. The fourth-order valence-electron chi connectivity index (χ4n) is 2.83. The van der Waals surface area contributed by atoms with Gasteiger partial charge >= 0.3 is 5.97 Å². The molecule has 0 saturated carbocycles. The van der Waals surface area contributed by atoms with Crippen molar-refractivity contribution in [2.75, 3.05) is 6.61 Å². The number of cyclic esters (lactones) is 1. The number of hydrogen-bond acceptors (Lipinski definition) is 5. The summed E-state index contributed by atoms with van der Waals surface area (Å²) in [5.41, 5.74) is 0.413. The maximum Gasteiger partial charge on any atom is 0.336 e. The van der Waals surface area contributed by atoms with Gasteiger partial charge in [0.05, 0.1) is 18.3 Å². The smallest absolute Gasteiger partial charge is 0.336 e. The molecule has 1 aliphatic rings. The summed E-state index contributed by atoms with van der Waals surface area (Å²) in [6.07, 6.45) is 12.7. The molecular formula is C19H32O5. The van der Waals surface area contributed by atoms with E-state index < -0.39 is 18.3 Å². The highest BCUT2D eigenvalue weighted by Crippen LogP contribution is 2.22. The van der Waals surface area contributed by atoms with Crippen LogP contribution in [0.15, 0.2) is 23.8 Å². The van der Waals surface area contributed by atoms with Crippen LogP contribution in [0.2, 0.25) is 0 Å². The Labute approximate surface area is 145 Å².